The number of nitrogens with zero attached hydrogens (tertiary/aromatic N) is 2. The predicted molar refractivity (Wildman–Crippen MR) is 96.1 cm³/mol. The first-order valence-electron chi connectivity index (χ1n) is 8.89. The molecule has 0 aromatic heterocycles. The Labute approximate surface area is 155 Å². The van der Waals surface area contributed by atoms with Crippen LogP contribution in [0.2, 0.25) is 0 Å². The average molecular weight is 371 g/mol. The first-order valence-corrected chi connectivity index (χ1v) is 8.89. The highest BCUT2D eigenvalue weighted by Crippen LogP contribution is 2.24. The Morgan fingerprint density at radius 3 is 2.63 bits per heavy atom. The lowest BCUT2D eigenvalue weighted by Crippen LogP contribution is -2.64. The lowest BCUT2D eigenvalue weighted by atomic mass is 10.0. The molecule has 0 spiro atoms. The fourth-order valence-electron chi connectivity index (χ4n) is 3.65. The third-order valence-corrected chi connectivity index (χ3v) is 5.14. The Hall–Kier alpha value is -2.80. The van der Waals surface area contributed by atoms with E-state index in [2.05, 4.69) is 10.2 Å². The van der Waals surface area contributed by atoms with Crippen molar-refractivity contribution in [1.29, 1.82) is 0 Å². The van der Waals surface area contributed by atoms with Crippen LogP contribution >= 0.6 is 0 Å². The molecule has 2 amide bonds. The fourth-order valence-corrected chi connectivity index (χ4v) is 3.65. The van der Waals surface area contributed by atoms with E-state index in [1.54, 1.807) is 29.2 Å². The van der Waals surface area contributed by atoms with Gasteiger partial charge in [-0.05, 0) is 35.4 Å². The molecule has 2 saturated heterocycles. The van der Waals surface area contributed by atoms with E-state index >= 15 is 0 Å². The number of hydrogen-bond donors (Lipinski definition) is 1. The number of benzene rings is 2. The lowest BCUT2D eigenvalue weighted by Gasteiger charge is -2.43. The van der Waals surface area contributed by atoms with E-state index in [1.165, 1.54) is 6.07 Å². The zero-order valence-electron chi connectivity index (χ0n) is 14.6. The van der Waals surface area contributed by atoms with Crippen molar-refractivity contribution in [3.05, 3.63) is 59.7 Å². The first-order chi connectivity index (χ1) is 13.0. The fraction of sp³-hybridized carbons (Fsp3) is 0.300. The van der Waals surface area contributed by atoms with Crippen LogP contribution in [0.5, 0.6) is 0 Å². The Kier molecular flexibility index (Phi) is 4.61. The average Bonchev–Trinajstić information content (AvgIpc) is 2.70. The number of piperazine rings is 2. The molecule has 0 saturated carbocycles. The second-order valence-electron chi connectivity index (χ2n) is 6.80. The maximum atomic E-state index is 13.5. The van der Waals surface area contributed by atoms with Gasteiger partial charge in [-0.15, -0.1) is 0 Å². The van der Waals surface area contributed by atoms with Crippen molar-refractivity contribution in [1.82, 2.24) is 15.1 Å². The zero-order valence-corrected chi connectivity index (χ0v) is 14.6. The van der Waals surface area contributed by atoms with Gasteiger partial charge in [-0.2, -0.15) is 0 Å². The molecule has 7 heteroatoms. The second-order valence-corrected chi connectivity index (χ2v) is 6.80. The van der Waals surface area contributed by atoms with E-state index in [1.807, 2.05) is 0 Å². The van der Waals surface area contributed by atoms with Gasteiger partial charge in [0.2, 0.25) is 5.91 Å². The van der Waals surface area contributed by atoms with E-state index in [4.69, 9.17) is 0 Å². The summed E-state index contributed by atoms with van der Waals surface area (Å²) in [5.41, 5.74) is 1.59. The van der Waals surface area contributed by atoms with Gasteiger partial charge in [-0.25, -0.2) is 8.78 Å². The molecule has 5 nitrogen and oxygen atoms in total. The molecule has 2 heterocycles. The third-order valence-electron chi connectivity index (χ3n) is 5.14. The van der Waals surface area contributed by atoms with Gasteiger partial charge < -0.3 is 10.2 Å². The maximum Gasteiger partial charge on any atom is 0.253 e. The van der Waals surface area contributed by atoms with Crippen molar-refractivity contribution in [3.8, 4) is 11.1 Å². The molecule has 1 N–H and O–H groups in total. The molecule has 0 radical (unpaired) electrons. The normalized spacial score (nSPS) is 20.1. The molecule has 2 aromatic rings. The van der Waals surface area contributed by atoms with E-state index in [9.17, 15) is 18.4 Å². The second kappa shape index (κ2) is 7.08. The number of carbonyl (C=O) groups is 2. The minimum Gasteiger partial charge on any atom is -0.353 e. The van der Waals surface area contributed by atoms with Gasteiger partial charge in [-0.1, -0.05) is 18.2 Å². The maximum absolute atomic E-state index is 13.5. The molecule has 0 bridgehead atoms. The third kappa shape index (κ3) is 3.42. The van der Waals surface area contributed by atoms with Crippen LogP contribution < -0.4 is 5.32 Å². The Morgan fingerprint density at radius 2 is 1.81 bits per heavy atom. The van der Waals surface area contributed by atoms with Gasteiger partial charge in [0.1, 0.15) is 6.04 Å². The summed E-state index contributed by atoms with van der Waals surface area (Å²) < 4.78 is 26.7. The number of nitrogens with one attached hydrogen (secondary N) is 1. The Balaban J connectivity index is 1.55. The molecule has 27 heavy (non-hydrogen) atoms. The molecular weight excluding hydrogens is 352 g/mol. The lowest BCUT2D eigenvalue weighted by molar-refractivity contribution is -0.131. The summed E-state index contributed by atoms with van der Waals surface area (Å²) >= 11 is 0. The minimum atomic E-state index is -0.927. The van der Waals surface area contributed by atoms with Gasteiger partial charge in [-0.3, -0.25) is 14.5 Å². The van der Waals surface area contributed by atoms with Crippen LogP contribution in [0.25, 0.3) is 11.1 Å². The summed E-state index contributed by atoms with van der Waals surface area (Å²) in [7, 11) is 0. The highest BCUT2D eigenvalue weighted by atomic mass is 19.2. The largest absolute Gasteiger partial charge is 0.353 e. The van der Waals surface area contributed by atoms with Crippen LogP contribution in [0.15, 0.2) is 42.5 Å². The molecular formula is C20H19F2N3O2. The topological polar surface area (TPSA) is 52.7 Å². The van der Waals surface area contributed by atoms with Crippen molar-refractivity contribution in [3.63, 3.8) is 0 Å². The molecule has 1 unspecified atom stereocenters. The molecule has 2 fully saturated rings. The summed E-state index contributed by atoms with van der Waals surface area (Å²) in [6.45, 7) is 2.99. The van der Waals surface area contributed by atoms with Gasteiger partial charge >= 0.3 is 0 Å². The highest BCUT2D eigenvalue weighted by molar-refractivity contribution is 5.96. The molecule has 2 aliphatic rings. The van der Waals surface area contributed by atoms with Gasteiger partial charge in [0.15, 0.2) is 11.6 Å². The Bertz CT molecular complexity index is 903. The van der Waals surface area contributed by atoms with Crippen molar-refractivity contribution in [2.45, 2.75) is 6.04 Å². The quantitative estimate of drug-likeness (QED) is 0.877. The number of amides is 2. The van der Waals surface area contributed by atoms with Crippen molar-refractivity contribution in [2.24, 2.45) is 0 Å². The van der Waals surface area contributed by atoms with Crippen molar-refractivity contribution < 1.29 is 18.4 Å². The van der Waals surface area contributed by atoms with E-state index in [-0.39, 0.29) is 17.9 Å². The van der Waals surface area contributed by atoms with Crippen LogP contribution in [0.3, 0.4) is 0 Å². The van der Waals surface area contributed by atoms with Crippen molar-refractivity contribution in [2.75, 3.05) is 32.7 Å². The van der Waals surface area contributed by atoms with E-state index in [0.29, 0.717) is 42.9 Å². The zero-order chi connectivity index (χ0) is 19.0. The molecule has 4 rings (SSSR count). The number of fused-ring (bicyclic) bond motifs is 1. The molecule has 2 aliphatic heterocycles. The van der Waals surface area contributed by atoms with E-state index in [0.717, 1.165) is 18.7 Å². The number of rotatable bonds is 2. The highest BCUT2D eigenvalue weighted by Gasteiger charge is 2.36. The SMILES string of the molecule is O=C1NCCN2CCN(C(=O)c3cccc(-c4ccc(F)c(F)c4)c3)CC12. The van der Waals surface area contributed by atoms with Gasteiger partial charge in [0.25, 0.3) is 5.91 Å². The first kappa shape index (κ1) is 17.6. The van der Waals surface area contributed by atoms with Crippen LogP contribution in [-0.4, -0.2) is 60.4 Å². The molecule has 2 aromatic carbocycles. The summed E-state index contributed by atoms with van der Waals surface area (Å²) in [5, 5.41) is 2.84. The van der Waals surface area contributed by atoms with Crippen LogP contribution in [-0.2, 0) is 4.79 Å². The monoisotopic (exact) mass is 371 g/mol. The minimum absolute atomic E-state index is 0.0470. The summed E-state index contributed by atoms with van der Waals surface area (Å²) in [6.07, 6.45) is 0. The van der Waals surface area contributed by atoms with Gasteiger partial charge in [0.05, 0.1) is 0 Å². The summed E-state index contributed by atoms with van der Waals surface area (Å²) in [5.74, 6) is -2.05. The summed E-state index contributed by atoms with van der Waals surface area (Å²) in [4.78, 5) is 28.8. The smallest absolute Gasteiger partial charge is 0.253 e. The van der Waals surface area contributed by atoms with Crippen molar-refractivity contribution >= 4 is 11.8 Å². The van der Waals surface area contributed by atoms with Crippen LogP contribution in [0, 0.1) is 11.6 Å². The molecule has 0 aliphatic carbocycles. The van der Waals surface area contributed by atoms with Crippen LogP contribution in [0.1, 0.15) is 10.4 Å². The number of halogens is 2. The van der Waals surface area contributed by atoms with Gasteiger partial charge in [0, 0.05) is 38.3 Å². The molecule has 140 valence electrons. The van der Waals surface area contributed by atoms with Crippen LogP contribution in [0.4, 0.5) is 8.78 Å². The summed E-state index contributed by atoms with van der Waals surface area (Å²) in [6, 6.07) is 10.2. The molecule has 1 atom stereocenters. The Morgan fingerprint density at radius 1 is 1.00 bits per heavy atom. The predicted octanol–water partition coefficient (Wildman–Crippen LogP) is 1.89. The standard InChI is InChI=1S/C20H19F2N3O2/c21-16-5-4-14(11-17(16)22)13-2-1-3-15(10-13)20(27)25-9-8-24-7-6-23-19(26)18(24)12-25/h1-5,10-11,18H,6-9,12H2,(H,23,26). The number of hydrogen-bond acceptors (Lipinski definition) is 3. The number of carbonyl (C=O) groups excluding carboxylic acids is 2. The van der Waals surface area contributed by atoms with E-state index < -0.39 is 11.6 Å².